The molecule has 146 valence electrons. The van der Waals surface area contributed by atoms with Crippen LogP contribution in [0.1, 0.15) is 17.5 Å². The van der Waals surface area contributed by atoms with Crippen LogP contribution in [0.4, 0.5) is 17.5 Å². The number of benzene rings is 2. The lowest BCUT2D eigenvalue weighted by molar-refractivity contribution is 0.198. The molecule has 0 saturated heterocycles. The van der Waals surface area contributed by atoms with Crippen molar-refractivity contribution >= 4 is 29.1 Å². The Morgan fingerprint density at radius 2 is 1.82 bits per heavy atom. The number of nitrogens with one attached hydrogen (secondary N) is 2. The number of hydrogen-bond donors (Lipinski definition) is 2. The molecular weight excluding hydrogens is 372 g/mol. The second-order valence-corrected chi connectivity index (χ2v) is 7.07. The summed E-state index contributed by atoms with van der Waals surface area (Å²) in [5.41, 5.74) is 4.86. The quantitative estimate of drug-likeness (QED) is 0.485. The third kappa shape index (κ3) is 5.21. The molecule has 3 rings (SSSR count). The first-order valence-electron chi connectivity index (χ1n) is 9.28. The van der Waals surface area contributed by atoms with Crippen molar-refractivity contribution in [3.63, 3.8) is 0 Å². The molecule has 2 aromatic carbocycles. The van der Waals surface area contributed by atoms with Gasteiger partial charge in [0.1, 0.15) is 5.82 Å². The molecule has 5 nitrogen and oxygen atoms in total. The van der Waals surface area contributed by atoms with Gasteiger partial charge in [-0.25, -0.2) is 4.98 Å². The van der Waals surface area contributed by atoms with Crippen molar-refractivity contribution in [3.8, 4) is 11.3 Å². The highest BCUT2D eigenvalue weighted by atomic mass is 35.5. The summed E-state index contributed by atoms with van der Waals surface area (Å²) in [5.74, 6) is 1.26. The number of aromatic nitrogens is 2. The highest BCUT2D eigenvalue weighted by Crippen LogP contribution is 2.30. The Bertz CT molecular complexity index is 908. The van der Waals surface area contributed by atoms with Crippen LogP contribution in [0.2, 0.25) is 5.02 Å². The molecule has 1 heterocycles. The molecule has 0 atom stereocenters. The molecule has 0 fully saturated rings. The normalized spacial score (nSPS) is 10.7. The van der Waals surface area contributed by atoms with Crippen LogP contribution in [0.5, 0.6) is 0 Å². The Kier molecular flexibility index (Phi) is 6.85. The van der Waals surface area contributed by atoms with Gasteiger partial charge in [-0.2, -0.15) is 4.98 Å². The van der Waals surface area contributed by atoms with E-state index in [9.17, 15) is 0 Å². The van der Waals surface area contributed by atoms with E-state index in [1.54, 1.807) is 7.11 Å². The molecule has 0 aliphatic rings. The maximum absolute atomic E-state index is 6.45. The number of methoxy groups -OCH3 is 1. The predicted octanol–water partition coefficient (Wildman–Crippen LogP) is 5.61. The average molecular weight is 397 g/mol. The van der Waals surface area contributed by atoms with Crippen LogP contribution in [-0.2, 0) is 4.74 Å². The fourth-order valence-corrected chi connectivity index (χ4v) is 3.34. The van der Waals surface area contributed by atoms with E-state index in [2.05, 4.69) is 21.7 Å². The van der Waals surface area contributed by atoms with Crippen LogP contribution in [0.3, 0.4) is 0 Å². The molecule has 0 radical (unpaired) electrons. The number of halogens is 1. The third-order valence-corrected chi connectivity index (χ3v) is 4.59. The first-order valence-corrected chi connectivity index (χ1v) is 9.65. The summed E-state index contributed by atoms with van der Waals surface area (Å²) in [7, 11) is 1.70. The largest absolute Gasteiger partial charge is 0.385 e. The van der Waals surface area contributed by atoms with Gasteiger partial charge >= 0.3 is 0 Å². The third-order valence-electron chi connectivity index (χ3n) is 4.30. The standard InChI is InChI=1S/C22H25ClN4O/c1-15-12-16(2)21(18(23)13-15)27-22-25-19(17-8-5-4-6-9-17)14-20(26-22)24-10-7-11-28-3/h4-6,8-9,12-14H,7,10-11H2,1-3H3,(H2,24,25,26,27). The van der Waals surface area contributed by atoms with Gasteiger partial charge in [0.15, 0.2) is 0 Å². The molecule has 2 N–H and O–H groups in total. The van der Waals surface area contributed by atoms with Crippen molar-refractivity contribution in [1.82, 2.24) is 9.97 Å². The molecule has 1 aromatic heterocycles. The Hall–Kier alpha value is -2.63. The SMILES string of the molecule is COCCCNc1cc(-c2ccccc2)nc(Nc2c(C)cc(C)cc2Cl)n1. The van der Waals surface area contributed by atoms with Crippen LogP contribution >= 0.6 is 11.6 Å². The van der Waals surface area contributed by atoms with Crippen LogP contribution in [-0.4, -0.2) is 30.2 Å². The van der Waals surface area contributed by atoms with Crippen LogP contribution in [0.15, 0.2) is 48.5 Å². The highest BCUT2D eigenvalue weighted by Gasteiger charge is 2.11. The van der Waals surface area contributed by atoms with Gasteiger partial charge < -0.3 is 15.4 Å². The molecule has 0 amide bonds. The summed E-state index contributed by atoms with van der Waals surface area (Å²) in [6.07, 6.45) is 0.896. The topological polar surface area (TPSA) is 59.1 Å². The average Bonchev–Trinajstić information content (AvgIpc) is 2.69. The highest BCUT2D eigenvalue weighted by molar-refractivity contribution is 6.33. The van der Waals surface area contributed by atoms with E-state index in [1.807, 2.05) is 56.3 Å². The fraction of sp³-hybridized carbons (Fsp3) is 0.273. The van der Waals surface area contributed by atoms with Crippen LogP contribution in [0, 0.1) is 13.8 Å². The van der Waals surface area contributed by atoms with Crippen molar-refractivity contribution in [2.24, 2.45) is 0 Å². The Balaban J connectivity index is 1.93. The van der Waals surface area contributed by atoms with E-state index >= 15 is 0 Å². The summed E-state index contributed by atoms with van der Waals surface area (Å²) in [6.45, 7) is 5.51. The fourth-order valence-electron chi connectivity index (χ4n) is 2.97. The predicted molar refractivity (Wildman–Crippen MR) is 117 cm³/mol. The monoisotopic (exact) mass is 396 g/mol. The number of anilines is 3. The van der Waals surface area contributed by atoms with E-state index < -0.39 is 0 Å². The minimum Gasteiger partial charge on any atom is -0.385 e. The smallest absolute Gasteiger partial charge is 0.229 e. The van der Waals surface area contributed by atoms with Gasteiger partial charge in [0.25, 0.3) is 0 Å². The van der Waals surface area contributed by atoms with Gasteiger partial charge in [0, 0.05) is 31.9 Å². The second-order valence-electron chi connectivity index (χ2n) is 6.66. The van der Waals surface area contributed by atoms with Crippen molar-refractivity contribution in [2.45, 2.75) is 20.3 Å². The lowest BCUT2D eigenvalue weighted by Gasteiger charge is -2.14. The summed E-state index contributed by atoms with van der Waals surface area (Å²) >= 11 is 6.45. The Morgan fingerprint density at radius 3 is 2.54 bits per heavy atom. The minimum absolute atomic E-state index is 0.504. The van der Waals surface area contributed by atoms with E-state index in [0.717, 1.165) is 46.9 Å². The molecule has 3 aromatic rings. The second kappa shape index (κ2) is 9.53. The number of ether oxygens (including phenoxy) is 1. The molecule has 0 aliphatic carbocycles. The molecule has 0 saturated carbocycles. The van der Waals surface area contributed by atoms with Crippen molar-refractivity contribution < 1.29 is 4.74 Å². The molecular formula is C22H25ClN4O. The van der Waals surface area contributed by atoms with Gasteiger partial charge in [0.05, 0.1) is 16.4 Å². The van der Waals surface area contributed by atoms with Gasteiger partial charge in [-0.3, -0.25) is 0 Å². The minimum atomic E-state index is 0.504. The molecule has 0 spiro atoms. The number of aryl methyl sites for hydroxylation is 2. The van der Waals surface area contributed by atoms with Crippen molar-refractivity contribution in [3.05, 3.63) is 64.7 Å². The summed E-state index contributed by atoms with van der Waals surface area (Å²) < 4.78 is 5.11. The van der Waals surface area contributed by atoms with E-state index in [4.69, 9.17) is 21.3 Å². The molecule has 0 aliphatic heterocycles. The molecule has 0 unspecified atom stereocenters. The van der Waals surface area contributed by atoms with Crippen LogP contribution < -0.4 is 10.6 Å². The molecule has 6 heteroatoms. The summed E-state index contributed by atoms with van der Waals surface area (Å²) in [6, 6.07) is 16.0. The van der Waals surface area contributed by atoms with E-state index in [0.29, 0.717) is 17.6 Å². The zero-order valence-corrected chi connectivity index (χ0v) is 17.2. The molecule has 28 heavy (non-hydrogen) atoms. The lowest BCUT2D eigenvalue weighted by atomic mass is 10.1. The van der Waals surface area contributed by atoms with Gasteiger partial charge in [-0.1, -0.05) is 48.0 Å². The number of nitrogens with zero attached hydrogens (tertiary/aromatic N) is 2. The summed E-state index contributed by atoms with van der Waals surface area (Å²) in [5, 5.41) is 7.30. The Labute approximate surface area is 171 Å². The number of hydrogen-bond acceptors (Lipinski definition) is 5. The zero-order valence-electron chi connectivity index (χ0n) is 16.4. The molecule has 0 bridgehead atoms. The Morgan fingerprint density at radius 1 is 1.04 bits per heavy atom. The maximum Gasteiger partial charge on any atom is 0.229 e. The van der Waals surface area contributed by atoms with E-state index in [1.165, 1.54) is 0 Å². The van der Waals surface area contributed by atoms with Gasteiger partial charge in [0.2, 0.25) is 5.95 Å². The first-order chi connectivity index (χ1) is 13.6. The van der Waals surface area contributed by atoms with Crippen molar-refractivity contribution in [1.29, 1.82) is 0 Å². The van der Waals surface area contributed by atoms with Gasteiger partial charge in [-0.05, 0) is 37.5 Å². The summed E-state index contributed by atoms with van der Waals surface area (Å²) in [4.78, 5) is 9.33. The maximum atomic E-state index is 6.45. The number of rotatable bonds is 8. The van der Waals surface area contributed by atoms with E-state index in [-0.39, 0.29) is 0 Å². The lowest BCUT2D eigenvalue weighted by Crippen LogP contribution is -2.09. The van der Waals surface area contributed by atoms with Gasteiger partial charge in [-0.15, -0.1) is 0 Å². The van der Waals surface area contributed by atoms with Crippen molar-refractivity contribution in [2.75, 3.05) is 30.9 Å². The van der Waals surface area contributed by atoms with Crippen LogP contribution in [0.25, 0.3) is 11.3 Å². The first kappa shape index (κ1) is 20.1. The zero-order chi connectivity index (χ0) is 19.9.